The van der Waals surface area contributed by atoms with Crippen LogP contribution in [0.5, 0.6) is 0 Å². The summed E-state index contributed by atoms with van der Waals surface area (Å²) in [7, 11) is 2.02. The molecule has 1 atom stereocenters. The summed E-state index contributed by atoms with van der Waals surface area (Å²) in [6.45, 7) is 2.90. The van der Waals surface area contributed by atoms with Crippen molar-refractivity contribution in [3.8, 4) is 0 Å². The second kappa shape index (κ2) is 6.00. The average Bonchev–Trinajstić information content (AvgIpc) is 2.92. The Balaban J connectivity index is 1.57. The third-order valence-corrected chi connectivity index (χ3v) is 3.79. The van der Waals surface area contributed by atoms with Gasteiger partial charge in [0.05, 0.1) is 12.0 Å². The monoisotopic (exact) mass is 272 g/mol. The van der Waals surface area contributed by atoms with Gasteiger partial charge in [-0.1, -0.05) is 0 Å². The Labute approximate surface area is 118 Å². The molecule has 0 saturated carbocycles. The molecule has 1 aliphatic rings. The molecule has 6 nitrogen and oxygen atoms in total. The highest BCUT2D eigenvalue weighted by molar-refractivity contribution is 5.37. The van der Waals surface area contributed by atoms with Crippen molar-refractivity contribution in [3.63, 3.8) is 0 Å². The lowest BCUT2D eigenvalue weighted by atomic mass is 10.1. The number of rotatable bonds is 4. The van der Waals surface area contributed by atoms with E-state index in [1.54, 1.807) is 6.20 Å². The smallest absolute Gasteiger partial charge is 0.151 e. The normalized spacial score (nSPS) is 19.2. The van der Waals surface area contributed by atoms with E-state index < -0.39 is 0 Å². The van der Waals surface area contributed by atoms with E-state index >= 15 is 0 Å². The molecule has 106 valence electrons. The Hall–Kier alpha value is -1.95. The SMILES string of the molecule is Cn1cncc1CN[C@@H]1CCCN(c2cccnn2)C1. The lowest BCUT2D eigenvalue weighted by Crippen LogP contribution is -2.46. The fourth-order valence-corrected chi connectivity index (χ4v) is 2.62. The van der Waals surface area contributed by atoms with Gasteiger partial charge in [-0.2, -0.15) is 5.10 Å². The summed E-state index contributed by atoms with van der Waals surface area (Å²) < 4.78 is 2.05. The Kier molecular flexibility index (Phi) is 3.92. The van der Waals surface area contributed by atoms with E-state index in [-0.39, 0.29) is 0 Å². The summed E-state index contributed by atoms with van der Waals surface area (Å²) in [4.78, 5) is 6.45. The quantitative estimate of drug-likeness (QED) is 0.898. The molecule has 1 fully saturated rings. The van der Waals surface area contributed by atoms with Crippen LogP contribution < -0.4 is 10.2 Å². The zero-order chi connectivity index (χ0) is 13.8. The molecule has 3 heterocycles. The van der Waals surface area contributed by atoms with Crippen LogP contribution in [-0.2, 0) is 13.6 Å². The first-order chi connectivity index (χ1) is 9.83. The van der Waals surface area contributed by atoms with Crippen LogP contribution in [-0.4, -0.2) is 38.9 Å². The van der Waals surface area contributed by atoms with E-state index in [0.29, 0.717) is 6.04 Å². The van der Waals surface area contributed by atoms with E-state index in [0.717, 1.165) is 25.5 Å². The maximum Gasteiger partial charge on any atom is 0.151 e. The van der Waals surface area contributed by atoms with Crippen LogP contribution in [0.2, 0.25) is 0 Å². The van der Waals surface area contributed by atoms with E-state index in [1.165, 1.54) is 18.5 Å². The minimum Gasteiger partial charge on any atom is -0.354 e. The van der Waals surface area contributed by atoms with Gasteiger partial charge >= 0.3 is 0 Å². The van der Waals surface area contributed by atoms with Gasteiger partial charge in [0.1, 0.15) is 0 Å². The standard InChI is InChI=1S/C14H20N6/c1-19-11-15-8-13(19)9-16-12-4-3-7-20(10-12)14-5-2-6-17-18-14/h2,5-6,8,11-12,16H,3-4,7,9-10H2,1H3/t12-/m1/s1. The molecule has 0 aromatic carbocycles. The van der Waals surface area contributed by atoms with Crippen LogP contribution in [0.1, 0.15) is 18.5 Å². The lowest BCUT2D eigenvalue weighted by Gasteiger charge is -2.33. The first-order valence-electron chi connectivity index (χ1n) is 7.04. The number of nitrogens with one attached hydrogen (secondary N) is 1. The molecule has 2 aromatic rings. The van der Waals surface area contributed by atoms with Crippen molar-refractivity contribution in [1.82, 2.24) is 25.1 Å². The van der Waals surface area contributed by atoms with Gasteiger partial charge in [-0.15, -0.1) is 5.10 Å². The summed E-state index contributed by atoms with van der Waals surface area (Å²) in [5.41, 5.74) is 1.21. The summed E-state index contributed by atoms with van der Waals surface area (Å²) in [6.07, 6.45) is 7.85. The van der Waals surface area contributed by atoms with E-state index in [1.807, 2.05) is 31.7 Å². The van der Waals surface area contributed by atoms with Gasteiger partial charge in [0.2, 0.25) is 0 Å². The molecule has 0 spiro atoms. The molecule has 6 heteroatoms. The number of hydrogen-bond acceptors (Lipinski definition) is 5. The maximum atomic E-state index is 4.20. The van der Waals surface area contributed by atoms with Crippen LogP contribution in [0, 0.1) is 0 Å². The van der Waals surface area contributed by atoms with Crippen molar-refractivity contribution >= 4 is 5.82 Å². The Morgan fingerprint density at radius 2 is 2.40 bits per heavy atom. The highest BCUT2D eigenvalue weighted by Gasteiger charge is 2.20. The van der Waals surface area contributed by atoms with Crippen molar-refractivity contribution in [2.75, 3.05) is 18.0 Å². The van der Waals surface area contributed by atoms with Crippen molar-refractivity contribution in [2.24, 2.45) is 7.05 Å². The lowest BCUT2D eigenvalue weighted by molar-refractivity contribution is 0.415. The molecule has 0 bridgehead atoms. The number of aryl methyl sites for hydroxylation is 1. The largest absolute Gasteiger partial charge is 0.354 e. The fraction of sp³-hybridized carbons (Fsp3) is 0.500. The summed E-state index contributed by atoms with van der Waals surface area (Å²) in [6, 6.07) is 4.45. The summed E-state index contributed by atoms with van der Waals surface area (Å²) >= 11 is 0. The number of piperidine rings is 1. The molecule has 2 aromatic heterocycles. The molecule has 20 heavy (non-hydrogen) atoms. The predicted molar refractivity (Wildman–Crippen MR) is 77.3 cm³/mol. The molecular weight excluding hydrogens is 252 g/mol. The van der Waals surface area contributed by atoms with Crippen molar-refractivity contribution in [3.05, 3.63) is 36.5 Å². The number of nitrogens with zero attached hydrogens (tertiary/aromatic N) is 5. The zero-order valence-corrected chi connectivity index (χ0v) is 11.7. The Morgan fingerprint density at radius 3 is 3.15 bits per heavy atom. The maximum absolute atomic E-state index is 4.20. The highest BCUT2D eigenvalue weighted by atomic mass is 15.3. The molecule has 0 unspecified atom stereocenters. The Bertz CT molecular complexity index is 538. The molecule has 0 radical (unpaired) electrons. The zero-order valence-electron chi connectivity index (χ0n) is 11.7. The minimum absolute atomic E-state index is 0.487. The van der Waals surface area contributed by atoms with Gasteiger partial charge in [0.25, 0.3) is 0 Å². The van der Waals surface area contributed by atoms with Crippen molar-refractivity contribution in [2.45, 2.75) is 25.4 Å². The van der Waals surface area contributed by atoms with Gasteiger partial charge in [-0.05, 0) is 25.0 Å². The number of aromatic nitrogens is 4. The van der Waals surface area contributed by atoms with Gasteiger partial charge in [-0.3, -0.25) is 0 Å². The average molecular weight is 272 g/mol. The van der Waals surface area contributed by atoms with Crippen molar-refractivity contribution in [1.29, 1.82) is 0 Å². The molecule has 1 N–H and O–H groups in total. The topological polar surface area (TPSA) is 58.9 Å². The molecule has 0 aliphatic carbocycles. The number of hydrogen-bond donors (Lipinski definition) is 1. The summed E-state index contributed by atoms with van der Waals surface area (Å²) in [5, 5.41) is 11.8. The van der Waals surface area contributed by atoms with Gasteiger partial charge in [0.15, 0.2) is 5.82 Å². The first kappa shape index (κ1) is 13.1. The molecule has 1 aliphatic heterocycles. The van der Waals surface area contributed by atoms with Crippen LogP contribution in [0.4, 0.5) is 5.82 Å². The third kappa shape index (κ3) is 2.96. The van der Waals surface area contributed by atoms with E-state index in [4.69, 9.17) is 0 Å². The van der Waals surface area contributed by atoms with Gasteiger partial charge < -0.3 is 14.8 Å². The second-order valence-corrected chi connectivity index (χ2v) is 5.24. The van der Waals surface area contributed by atoms with Gasteiger partial charge in [-0.25, -0.2) is 4.98 Å². The second-order valence-electron chi connectivity index (χ2n) is 5.24. The Morgan fingerprint density at radius 1 is 1.45 bits per heavy atom. The van der Waals surface area contributed by atoms with E-state index in [2.05, 4.69) is 30.0 Å². The molecular formula is C14H20N6. The van der Waals surface area contributed by atoms with Crippen LogP contribution in [0.25, 0.3) is 0 Å². The van der Waals surface area contributed by atoms with Crippen LogP contribution in [0.15, 0.2) is 30.9 Å². The number of anilines is 1. The summed E-state index contributed by atoms with van der Waals surface area (Å²) in [5.74, 6) is 0.972. The van der Waals surface area contributed by atoms with E-state index in [9.17, 15) is 0 Å². The molecule has 1 saturated heterocycles. The molecule has 0 amide bonds. The van der Waals surface area contributed by atoms with Gasteiger partial charge in [0, 0.05) is 45.1 Å². The number of imidazole rings is 1. The first-order valence-corrected chi connectivity index (χ1v) is 7.04. The van der Waals surface area contributed by atoms with Crippen LogP contribution >= 0.6 is 0 Å². The van der Waals surface area contributed by atoms with Crippen molar-refractivity contribution < 1.29 is 0 Å². The highest BCUT2D eigenvalue weighted by Crippen LogP contribution is 2.16. The minimum atomic E-state index is 0.487. The fourth-order valence-electron chi connectivity index (χ4n) is 2.62. The third-order valence-electron chi connectivity index (χ3n) is 3.79. The predicted octanol–water partition coefficient (Wildman–Crippen LogP) is 0.969. The van der Waals surface area contributed by atoms with Crippen LogP contribution in [0.3, 0.4) is 0 Å². The molecule has 3 rings (SSSR count).